The SMILES string of the molecule is O=S(=O)(c1ccc(N2CCOCC2)cc1Cl)C1CCCC1. The summed E-state index contributed by atoms with van der Waals surface area (Å²) in [6.07, 6.45) is 3.49. The van der Waals surface area contributed by atoms with Gasteiger partial charge >= 0.3 is 0 Å². The number of halogens is 1. The van der Waals surface area contributed by atoms with Gasteiger partial charge in [0.25, 0.3) is 0 Å². The van der Waals surface area contributed by atoms with Crippen LogP contribution >= 0.6 is 11.6 Å². The van der Waals surface area contributed by atoms with Crippen molar-refractivity contribution in [1.82, 2.24) is 0 Å². The fraction of sp³-hybridized carbons (Fsp3) is 0.600. The van der Waals surface area contributed by atoms with Gasteiger partial charge in [-0.3, -0.25) is 0 Å². The monoisotopic (exact) mass is 329 g/mol. The molecule has 1 saturated heterocycles. The highest BCUT2D eigenvalue weighted by Gasteiger charge is 2.32. The van der Waals surface area contributed by atoms with Crippen molar-refractivity contribution in [2.75, 3.05) is 31.2 Å². The minimum atomic E-state index is -3.29. The van der Waals surface area contributed by atoms with E-state index in [1.165, 1.54) is 0 Å². The predicted octanol–water partition coefficient (Wildman–Crippen LogP) is 2.89. The van der Waals surface area contributed by atoms with Gasteiger partial charge in [0.05, 0.1) is 28.4 Å². The second-order valence-electron chi connectivity index (χ2n) is 5.67. The topological polar surface area (TPSA) is 46.6 Å². The summed E-state index contributed by atoms with van der Waals surface area (Å²) >= 11 is 6.27. The van der Waals surface area contributed by atoms with E-state index in [0.717, 1.165) is 44.5 Å². The molecule has 0 bridgehead atoms. The number of morpholine rings is 1. The maximum atomic E-state index is 12.6. The maximum absolute atomic E-state index is 12.6. The molecule has 1 aromatic rings. The molecule has 0 N–H and O–H groups in total. The third kappa shape index (κ3) is 3.05. The first kappa shape index (κ1) is 15.1. The molecule has 2 aliphatic rings. The summed E-state index contributed by atoms with van der Waals surface area (Å²) < 4.78 is 30.6. The highest BCUT2D eigenvalue weighted by molar-refractivity contribution is 7.92. The summed E-state index contributed by atoms with van der Waals surface area (Å²) in [5.74, 6) is 0. The van der Waals surface area contributed by atoms with E-state index >= 15 is 0 Å². The average Bonchev–Trinajstić information content (AvgIpc) is 3.03. The van der Waals surface area contributed by atoms with Gasteiger partial charge in [0, 0.05) is 18.8 Å². The number of hydrogen-bond donors (Lipinski definition) is 0. The summed E-state index contributed by atoms with van der Waals surface area (Å²) in [4.78, 5) is 2.45. The fourth-order valence-electron chi connectivity index (χ4n) is 3.12. The molecule has 6 heteroatoms. The van der Waals surface area contributed by atoms with Crippen LogP contribution in [0.25, 0.3) is 0 Å². The second kappa shape index (κ2) is 6.15. The third-order valence-corrected chi connectivity index (χ3v) is 7.08. The molecule has 0 atom stereocenters. The molecule has 0 spiro atoms. The van der Waals surface area contributed by atoms with Crippen molar-refractivity contribution in [2.24, 2.45) is 0 Å². The van der Waals surface area contributed by atoms with Crippen molar-refractivity contribution in [3.05, 3.63) is 23.2 Å². The molecule has 1 heterocycles. The summed E-state index contributed by atoms with van der Waals surface area (Å²) in [6, 6.07) is 5.30. The van der Waals surface area contributed by atoms with Crippen molar-refractivity contribution in [1.29, 1.82) is 0 Å². The lowest BCUT2D eigenvalue weighted by Crippen LogP contribution is -2.36. The Balaban J connectivity index is 1.87. The van der Waals surface area contributed by atoms with Gasteiger partial charge in [0.2, 0.25) is 0 Å². The Kier molecular flexibility index (Phi) is 4.43. The van der Waals surface area contributed by atoms with E-state index in [1.807, 2.05) is 6.07 Å². The van der Waals surface area contributed by atoms with Crippen LogP contribution in [0, 0.1) is 0 Å². The molecule has 0 radical (unpaired) electrons. The lowest BCUT2D eigenvalue weighted by molar-refractivity contribution is 0.122. The highest BCUT2D eigenvalue weighted by Crippen LogP contribution is 2.34. The molecule has 3 rings (SSSR count). The molecule has 1 aliphatic heterocycles. The molecular formula is C15H20ClNO3S. The van der Waals surface area contributed by atoms with E-state index in [2.05, 4.69) is 4.90 Å². The van der Waals surface area contributed by atoms with Crippen LogP contribution in [0.15, 0.2) is 23.1 Å². The van der Waals surface area contributed by atoms with Crippen molar-refractivity contribution in [3.63, 3.8) is 0 Å². The third-order valence-electron chi connectivity index (χ3n) is 4.34. The van der Waals surface area contributed by atoms with Crippen LogP contribution in [0.4, 0.5) is 5.69 Å². The number of benzene rings is 1. The Labute approximate surface area is 131 Å². The van der Waals surface area contributed by atoms with Crippen LogP contribution in [0.2, 0.25) is 5.02 Å². The number of rotatable bonds is 3. The first-order chi connectivity index (χ1) is 10.1. The van der Waals surface area contributed by atoms with Gasteiger partial charge in [-0.25, -0.2) is 8.42 Å². The molecule has 0 amide bonds. The Hall–Kier alpha value is -0.780. The minimum absolute atomic E-state index is 0.260. The van der Waals surface area contributed by atoms with E-state index in [1.54, 1.807) is 12.1 Å². The van der Waals surface area contributed by atoms with E-state index in [9.17, 15) is 8.42 Å². The standard InChI is InChI=1S/C15H20ClNO3S/c16-14-11-12(17-7-9-20-10-8-17)5-6-15(14)21(18,19)13-3-1-2-4-13/h5-6,11,13H,1-4,7-10H2. The van der Waals surface area contributed by atoms with Gasteiger partial charge in [-0.05, 0) is 31.0 Å². The molecule has 1 aliphatic carbocycles. The van der Waals surface area contributed by atoms with Crippen LogP contribution < -0.4 is 4.90 Å². The molecule has 116 valence electrons. The molecule has 1 aromatic carbocycles. The van der Waals surface area contributed by atoms with Crippen LogP contribution in [0.5, 0.6) is 0 Å². The van der Waals surface area contributed by atoms with E-state index < -0.39 is 9.84 Å². The zero-order valence-corrected chi connectivity index (χ0v) is 13.5. The fourth-order valence-corrected chi connectivity index (χ4v) is 5.52. The first-order valence-electron chi connectivity index (χ1n) is 7.45. The lowest BCUT2D eigenvalue weighted by atomic mass is 10.2. The second-order valence-corrected chi connectivity index (χ2v) is 8.27. The van der Waals surface area contributed by atoms with Crippen molar-refractivity contribution < 1.29 is 13.2 Å². The Morgan fingerprint density at radius 3 is 2.43 bits per heavy atom. The van der Waals surface area contributed by atoms with Gasteiger partial charge in [0.15, 0.2) is 9.84 Å². The van der Waals surface area contributed by atoms with Crippen molar-refractivity contribution in [2.45, 2.75) is 35.8 Å². The molecule has 0 unspecified atom stereocenters. The number of anilines is 1. The van der Waals surface area contributed by atoms with Gasteiger partial charge in [-0.15, -0.1) is 0 Å². The smallest absolute Gasteiger partial charge is 0.182 e. The van der Waals surface area contributed by atoms with E-state index in [0.29, 0.717) is 18.2 Å². The van der Waals surface area contributed by atoms with Gasteiger partial charge in [-0.1, -0.05) is 24.4 Å². The Morgan fingerprint density at radius 1 is 1.14 bits per heavy atom. The average molecular weight is 330 g/mol. The van der Waals surface area contributed by atoms with Gasteiger partial charge < -0.3 is 9.64 Å². The van der Waals surface area contributed by atoms with Crippen molar-refractivity contribution >= 4 is 27.1 Å². The van der Waals surface area contributed by atoms with Gasteiger partial charge in [0.1, 0.15) is 0 Å². The predicted molar refractivity (Wildman–Crippen MR) is 83.9 cm³/mol. The Morgan fingerprint density at radius 2 is 1.81 bits per heavy atom. The highest BCUT2D eigenvalue weighted by atomic mass is 35.5. The summed E-state index contributed by atoms with van der Waals surface area (Å²) in [5, 5.41) is 0.0788. The molecule has 0 aromatic heterocycles. The number of sulfone groups is 1. The van der Waals surface area contributed by atoms with Crippen LogP contribution in [0.3, 0.4) is 0 Å². The molecule has 21 heavy (non-hydrogen) atoms. The lowest BCUT2D eigenvalue weighted by Gasteiger charge is -2.29. The minimum Gasteiger partial charge on any atom is -0.378 e. The summed E-state index contributed by atoms with van der Waals surface area (Å²) in [6.45, 7) is 3.01. The molecule has 4 nitrogen and oxygen atoms in total. The summed E-state index contributed by atoms with van der Waals surface area (Å²) in [5.41, 5.74) is 0.966. The van der Waals surface area contributed by atoms with Crippen LogP contribution in [-0.2, 0) is 14.6 Å². The molecular weight excluding hydrogens is 310 g/mol. The maximum Gasteiger partial charge on any atom is 0.182 e. The summed E-state index contributed by atoms with van der Waals surface area (Å²) in [7, 11) is -3.29. The molecule has 2 fully saturated rings. The van der Waals surface area contributed by atoms with Crippen LogP contribution in [-0.4, -0.2) is 40.0 Å². The van der Waals surface area contributed by atoms with Crippen LogP contribution in [0.1, 0.15) is 25.7 Å². The number of ether oxygens (including phenoxy) is 1. The van der Waals surface area contributed by atoms with Gasteiger partial charge in [-0.2, -0.15) is 0 Å². The quantitative estimate of drug-likeness (QED) is 0.855. The zero-order chi connectivity index (χ0) is 14.9. The zero-order valence-electron chi connectivity index (χ0n) is 11.9. The molecule has 1 saturated carbocycles. The largest absolute Gasteiger partial charge is 0.378 e. The van der Waals surface area contributed by atoms with E-state index in [-0.39, 0.29) is 10.1 Å². The number of nitrogens with zero attached hydrogens (tertiary/aromatic N) is 1. The first-order valence-corrected chi connectivity index (χ1v) is 9.37. The number of hydrogen-bond acceptors (Lipinski definition) is 4. The normalized spacial score (nSPS) is 20.9. The van der Waals surface area contributed by atoms with E-state index in [4.69, 9.17) is 16.3 Å². The van der Waals surface area contributed by atoms with Crippen molar-refractivity contribution in [3.8, 4) is 0 Å². The Bertz CT molecular complexity index is 605.